The maximum absolute atomic E-state index is 12.1. The molecule has 110 valence electrons. The van der Waals surface area contributed by atoms with Crippen molar-refractivity contribution in [3.05, 3.63) is 48.0 Å². The van der Waals surface area contributed by atoms with Gasteiger partial charge in [0.15, 0.2) is 0 Å². The highest BCUT2D eigenvalue weighted by Crippen LogP contribution is 2.06. The molecule has 0 saturated heterocycles. The minimum Gasteiger partial charge on any atom is -0.349 e. The summed E-state index contributed by atoms with van der Waals surface area (Å²) in [4.78, 5) is 26.4. The number of nitrogens with zero attached hydrogens (tertiary/aromatic N) is 4. The van der Waals surface area contributed by atoms with Crippen LogP contribution in [0.2, 0.25) is 0 Å². The zero-order valence-electron chi connectivity index (χ0n) is 12.3. The average Bonchev–Trinajstić information content (AvgIpc) is 2.55. The van der Waals surface area contributed by atoms with E-state index in [2.05, 4.69) is 20.3 Å². The Bertz CT molecular complexity index is 566. The van der Waals surface area contributed by atoms with Crippen LogP contribution in [-0.2, 0) is 6.54 Å². The number of pyridine rings is 1. The molecule has 0 radical (unpaired) electrons. The van der Waals surface area contributed by atoms with Gasteiger partial charge in [0.2, 0.25) is 5.95 Å². The molecule has 1 amide bonds. The van der Waals surface area contributed by atoms with Crippen LogP contribution in [0, 0.1) is 0 Å². The fourth-order valence-corrected chi connectivity index (χ4v) is 1.90. The first-order valence-corrected chi connectivity index (χ1v) is 6.99. The Kier molecular flexibility index (Phi) is 5.20. The van der Waals surface area contributed by atoms with Gasteiger partial charge >= 0.3 is 0 Å². The maximum Gasteiger partial charge on any atom is 0.256 e. The SMILES string of the molecule is CCN(CC)C(=O)c1cnc(NCc2ccccn2)nc1. The van der Waals surface area contributed by atoms with E-state index in [1.807, 2.05) is 32.0 Å². The van der Waals surface area contributed by atoms with Gasteiger partial charge in [-0.05, 0) is 26.0 Å². The number of carbonyl (C=O) groups excluding carboxylic acids is 1. The second-order valence-corrected chi connectivity index (χ2v) is 4.45. The van der Waals surface area contributed by atoms with Crippen molar-refractivity contribution in [3.63, 3.8) is 0 Å². The van der Waals surface area contributed by atoms with E-state index in [1.54, 1.807) is 23.5 Å². The van der Waals surface area contributed by atoms with Crippen LogP contribution >= 0.6 is 0 Å². The highest BCUT2D eigenvalue weighted by atomic mass is 16.2. The van der Waals surface area contributed by atoms with Gasteiger partial charge in [-0.25, -0.2) is 9.97 Å². The molecule has 2 aromatic rings. The summed E-state index contributed by atoms with van der Waals surface area (Å²) in [6.45, 7) is 5.80. The zero-order valence-corrected chi connectivity index (χ0v) is 12.3. The molecule has 21 heavy (non-hydrogen) atoms. The van der Waals surface area contributed by atoms with Gasteiger partial charge in [-0.1, -0.05) is 6.07 Å². The van der Waals surface area contributed by atoms with Crippen molar-refractivity contribution < 1.29 is 4.79 Å². The minimum absolute atomic E-state index is 0.0451. The van der Waals surface area contributed by atoms with Crippen molar-refractivity contribution in [2.45, 2.75) is 20.4 Å². The van der Waals surface area contributed by atoms with Crippen molar-refractivity contribution in [3.8, 4) is 0 Å². The molecule has 2 rings (SSSR count). The predicted octanol–water partition coefficient (Wildman–Crippen LogP) is 1.97. The van der Waals surface area contributed by atoms with E-state index < -0.39 is 0 Å². The molecule has 0 bridgehead atoms. The third kappa shape index (κ3) is 3.98. The third-order valence-corrected chi connectivity index (χ3v) is 3.10. The first-order chi connectivity index (χ1) is 10.2. The lowest BCUT2D eigenvalue weighted by Crippen LogP contribution is -2.30. The van der Waals surface area contributed by atoms with Gasteiger partial charge in [0.25, 0.3) is 5.91 Å². The van der Waals surface area contributed by atoms with E-state index in [-0.39, 0.29) is 5.91 Å². The first kappa shape index (κ1) is 14.9. The minimum atomic E-state index is -0.0451. The predicted molar refractivity (Wildman–Crippen MR) is 80.8 cm³/mol. The third-order valence-electron chi connectivity index (χ3n) is 3.10. The van der Waals surface area contributed by atoms with Crippen LogP contribution in [0.1, 0.15) is 29.9 Å². The van der Waals surface area contributed by atoms with Gasteiger partial charge in [0.1, 0.15) is 0 Å². The van der Waals surface area contributed by atoms with Crippen molar-refractivity contribution in [1.29, 1.82) is 0 Å². The topological polar surface area (TPSA) is 71.0 Å². The molecule has 0 fully saturated rings. The van der Waals surface area contributed by atoms with E-state index in [0.29, 0.717) is 31.1 Å². The fourth-order valence-electron chi connectivity index (χ4n) is 1.90. The quantitative estimate of drug-likeness (QED) is 0.878. The molecule has 0 aliphatic heterocycles. The lowest BCUT2D eigenvalue weighted by Gasteiger charge is -2.18. The Labute approximate surface area is 124 Å². The summed E-state index contributed by atoms with van der Waals surface area (Å²) in [5.41, 5.74) is 1.41. The molecule has 0 spiro atoms. The van der Waals surface area contributed by atoms with E-state index >= 15 is 0 Å². The molecule has 1 N–H and O–H groups in total. The number of hydrogen-bond donors (Lipinski definition) is 1. The van der Waals surface area contributed by atoms with Crippen molar-refractivity contribution in [1.82, 2.24) is 19.9 Å². The molecule has 0 atom stereocenters. The van der Waals surface area contributed by atoms with Gasteiger partial charge in [-0.2, -0.15) is 0 Å². The molecule has 2 aromatic heterocycles. The Hall–Kier alpha value is -2.50. The summed E-state index contributed by atoms with van der Waals surface area (Å²) >= 11 is 0. The Morgan fingerprint density at radius 2 is 1.86 bits per heavy atom. The molecule has 0 saturated carbocycles. The molecular weight excluding hydrogens is 266 g/mol. The van der Waals surface area contributed by atoms with Gasteiger partial charge < -0.3 is 10.2 Å². The summed E-state index contributed by atoms with van der Waals surface area (Å²) in [6.07, 6.45) is 4.84. The number of aromatic nitrogens is 3. The first-order valence-electron chi connectivity index (χ1n) is 6.99. The van der Waals surface area contributed by atoms with E-state index in [4.69, 9.17) is 0 Å². The largest absolute Gasteiger partial charge is 0.349 e. The summed E-state index contributed by atoms with van der Waals surface area (Å²) in [7, 11) is 0. The number of amides is 1. The van der Waals surface area contributed by atoms with Gasteiger partial charge in [0, 0.05) is 31.7 Å². The summed E-state index contributed by atoms with van der Waals surface area (Å²) < 4.78 is 0. The van der Waals surface area contributed by atoms with Crippen LogP contribution < -0.4 is 5.32 Å². The van der Waals surface area contributed by atoms with Crippen LogP contribution in [0.3, 0.4) is 0 Å². The lowest BCUT2D eigenvalue weighted by atomic mass is 10.3. The standard InChI is InChI=1S/C15H19N5O/c1-3-20(4-2)14(21)12-9-17-15(18-10-12)19-11-13-7-5-6-8-16-13/h5-10H,3-4,11H2,1-2H3,(H,17,18,19). The monoisotopic (exact) mass is 285 g/mol. The number of nitrogens with one attached hydrogen (secondary N) is 1. The van der Waals surface area contributed by atoms with Crippen molar-refractivity contribution in [2.24, 2.45) is 0 Å². The second kappa shape index (κ2) is 7.33. The molecular formula is C15H19N5O. The van der Waals surface area contributed by atoms with Crippen molar-refractivity contribution >= 4 is 11.9 Å². The van der Waals surface area contributed by atoms with E-state index in [9.17, 15) is 4.79 Å². The summed E-state index contributed by atoms with van der Waals surface area (Å²) in [6, 6.07) is 5.72. The Morgan fingerprint density at radius 1 is 1.14 bits per heavy atom. The second-order valence-electron chi connectivity index (χ2n) is 4.45. The molecule has 0 unspecified atom stereocenters. The number of hydrogen-bond acceptors (Lipinski definition) is 5. The van der Waals surface area contributed by atoms with Crippen LogP contribution in [0.15, 0.2) is 36.8 Å². The average molecular weight is 285 g/mol. The van der Waals surface area contributed by atoms with Gasteiger partial charge in [0.05, 0.1) is 17.8 Å². The van der Waals surface area contributed by atoms with Crippen LogP contribution in [0.25, 0.3) is 0 Å². The molecule has 6 nitrogen and oxygen atoms in total. The zero-order chi connectivity index (χ0) is 15.1. The van der Waals surface area contributed by atoms with Crippen LogP contribution in [0.5, 0.6) is 0 Å². The highest BCUT2D eigenvalue weighted by molar-refractivity contribution is 5.93. The maximum atomic E-state index is 12.1. The van der Waals surface area contributed by atoms with Gasteiger partial charge in [-0.15, -0.1) is 0 Å². The molecule has 0 aliphatic carbocycles. The fraction of sp³-hybridized carbons (Fsp3) is 0.333. The van der Waals surface area contributed by atoms with Crippen LogP contribution in [0.4, 0.5) is 5.95 Å². The Balaban J connectivity index is 1.97. The van der Waals surface area contributed by atoms with E-state index in [0.717, 1.165) is 5.69 Å². The Morgan fingerprint density at radius 3 is 2.43 bits per heavy atom. The van der Waals surface area contributed by atoms with Crippen LogP contribution in [-0.4, -0.2) is 38.8 Å². The summed E-state index contributed by atoms with van der Waals surface area (Å²) in [5.74, 6) is 0.438. The van der Waals surface area contributed by atoms with E-state index in [1.165, 1.54) is 0 Å². The summed E-state index contributed by atoms with van der Waals surface area (Å²) in [5, 5.41) is 3.07. The highest BCUT2D eigenvalue weighted by Gasteiger charge is 2.13. The number of anilines is 1. The number of carbonyl (C=O) groups is 1. The molecule has 0 aliphatic rings. The normalized spacial score (nSPS) is 10.2. The number of rotatable bonds is 6. The molecule has 6 heteroatoms. The lowest BCUT2D eigenvalue weighted by molar-refractivity contribution is 0.0772. The smallest absolute Gasteiger partial charge is 0.256 e. The molecule has 0 aromatic carbocycles. The van der Waals surface area contributed by atoms with Crippen molar-refractivity contribution in [2.75, 3.05) is 18.4 Å². The van der Waals surface area contributed by atoms with Gasteiger partial charge in [-0.3, -0.25) is 9.78 Å². The molecule has 2 heterocycles.